The molecule has 2 saturated heterocycles. The molecular weight excluding hydrogens is 405 g/mol. The van der Waals surface area contributed by atoms with E-state index in [0.717, 1.165) is 59.5 Å². The molecule has 2 aliphatic heterocycles. The standard InChI is InChI=1S/C26H26FN3O2/c1-17-15-29(16-28-17)24-11-6-18(13-25(24)32-2)12-20-14-22-4-3-5-23(30(22)26(20)31)19-7-9-21(27)10-8-19/h6-13,15-16,22-23H,3-5,14H2,1-2H3/t22-,23+/m0/s1. The predicted molar refractivity (Wildman–Crippen MR) is 121 cm³/mol. The number of piperidine rings is 1. The van der Waals surface area contributed by atoms with Gasteiger partial charge in [0.1, 0.15) is 11.6 Å². The van der Waals surface area contributed by atoms with E-state index >= 15 is 0 Å². The minimum Gasteiger partial charge on any atom is -0.495 e. The van der Waals surface area contributed by atoms with Gasteiger partial charge in [0, 0.05) is 17.8 Å². The fourth-order valence-electron chi connectivity index (χ4n) is 4.98. The maximum atomic E-state index is 13.4. The number of hydrogen-bond acceptors (Lipinski definition) is 3. The molecule has 0 bridgehead atoms. The van der Waals surface area contributed by atoms with E-state index in [1.54, 1.807) is 25.6 Å². The number of carbonyl (C=O) groups excluding carboxylic acids is 1. The van der Waals surface area contributed by atoms with Gasteiger partial charge in [0.25, 0.3) is 5.91 Å². The zero-order valence-corrected chi connectivity index (χ0v) is 18.3. The fourth-order valence-corrected chi connectivity index (χ4v) is 4.98. The summed E-state index contributed by atoms with van der Waals surface area (Å²) in [5.74, 6) is 0.555. The summed E-state index contributed by atoms with van der Waals surface area (Å²) < 4.78 is 20.9. The van der Waals surface area contributed by atoms with Crippen LogP contribution in [0.3, 0.4) is 0 Å². The highest BCUT2D eigenvalue weighted by molar-refractivity contribution is 6.00. The lowest BCUT2D eigenvalue weighted by molar-refractivity contribution is -0.130. The molecule has 6 heteroatoms. The van der Waals surface area contributed by atoms with Crippen molar-refractivity contribution in [2.75, 3.05) is 7.11 Å². The lowest BCUT2D eigenvalue weighted by Gasteiger charge is -2.37. The summed E-state index contributed by atoms with van der Waals surface area (Å²) in [5, 5.41) is 0. The van der Waals surface area contributed by atoms with Crippen LogP contribution in [0.15, 0.2) is 60.6 Å². The Bertz CT molecular complexity index is 1180. The van der Waals surface area contributed by atoms with Crippen molar-refractivity contribution in [3.05, 3.63) is 83.2 Å². The van der Waals surface area contributed by atoms with Crippen LogP contribution in [-0.2, 0) is 4.79 Å². The number of fused-ring (bicyclic) bond motifs is 1. The van der Waals surface area contributed by atoms with Gasteiger partial charge >= 0.3 is 0 Å². The number of benzene rings is 2. The number of rotatable bonds is 4. The number of halogens is 1. The van der Waals surface area contributed by atoms with Crippen molar-refractivity contribution < 1.29 is 13.9 Å². The number of amides is 1. The maximum Gasteiger partial charge on any atom is 0.250 e. The highest BCUT2D eigenvalue weighted by atomic mass is 19.1. The SMILES string of the molecule is COc1cc(C=C2C[C@@H]3CCC[C@H](c4ccc(F)cc4)N3C2=O)ccc1-n1cnc(C)c1. The molecule has 2 atom stereocenters. The Kier molecular flexibility index (Phi) is 5.29. The zero-order chi connectivity index (χ0) is 22.2. The first-order chi connectivity index (χ1) is 15.5. The number of imidazole rings is 1. The smallest absolute Gasteiger partial charge is 0.250 e. The molecule has 0 N–H and O–H groups in total. The minimum absolute atomic E-state index is 0.00847. The lowest BCUT2D eigenvalue weighted by atomic mass is 9.91. The summed E-state index contributed by atoms with van der Waals surface area (Å²) in [7, 11) is 1.65. The first-order valence-corrected chi connectivity index (χ1v) is 11.0. The molecule has 164 valence electrons. The molecule has 2 fully saturated rings. The van der Waals surface area contributed by atoms with Crippen LogP contribution in [0.4, 0.5) is 4.39 Å². The Morgan fingerprint density at radius 1 is 1.16 bits per heavy atom. The minimum atomic E-state index is -0.252. The zero-order valence-electron chi connectivity index (χ0n) is 18.3. The van der Waals surface area contributed by atoms with Crippen LogP contribution in [0.1, 0.15) is 48.5 Å². The average molecular weight is 432 g/mol. The molecule has 1 amide bonds. The predicted octanol–water partition coefficient (Wildman–Crippen LogP) is 5.24. The molecule has 3 aromatic rings. The van der Waals surface area contributed by atoms with Crippen molar-refractivity contribution in [2.45, 2.75) is 44.7 Å². The van der Waals surface area contributed by atoms with Gasteiger partial charge in [-0.1, -0.05) is 18.2 Å². The van der Waals surface area contributed by atoms with Gasteiger partial charge in [0.05, 0.1) is 30.9 Å². The normalized spacial score (nSPS) is 21.8. The molecule has 5 rings (SSSR count). The molecule has 2 aromatic carbocycles. The second-order valence-electron chi connectivity index (χ2n) is 8.59. The van der Waals surface area contributed by atoms with Crippen molar-refractivity contribution in [2.24, 2.45) is 0 Å². The van der Waals surface area contributed by atoms with Gasteiger partial charge in [0.15, 0.2) is 0 Å². The highest BCUT2D eigenvalue weighted by Crippen LogP contribution is 2.42. The Morgan fingerprint density at radius 3 is 2.69 bits per heavy atom. The van der Waals surface area contributed by atoms with Crippen molar-refractivity contribution >= 4 is 12.0 Å². The Hall–Kier alpha value is -3.41. The Labute approximate surface area is 187 Å². The van der Waals surface area contributed by atoms with Gasteiger partial charge < -0.3 is 14.2 Å². The number of nitrogens with zero attached hydrogens (tertiary/aromatic N) is 3. The quantitative estimate of drug-likeness (QED) is 0.531. The molecular formula is C26H26FN3O2. The summed E-state index contributed by atoms with van der Waals surface area (Å²) in [6.45, 7) is 1.95. The van der Waals surface area contributed by atoms with Crippen molar-refractivity contribution in [3.63, 3.8) is 0 Å². The largest absolute Gasteiger partial charge is 0.495 e. The van der Waals surface area contributed by atoms with Crippen molar-refractivity contribution in [1.29, 1.82) is 0 Å². The molecule has 5 nitrogen and oxygen atoms in total. The number of carbonyl (C=O) groups is 1. The summed E-state index contributed by atoms with van der Waals surface area (Å²) in [6.07, 6.45) is 9.41. The van der Waals surface area contributed by atoms with Gasteiger partial charge in [0.2, 0.25) is 0 Å². The maximum absolute atomic E-state index is 13.4. The lowest BCUT2D eigenvalue weighted by Crippen LogP contribution is -2.39. The molecule has 0 unspecified atom stereocenters. The van der Waals surface area contributed by atoms with Gasteiger partial charge in [-0.3, -0.25) is 4.79 Å². The van der Waals surface area contributed by atoms with Crippen LogP contribution in [0, 0.1) is 12.7 Å². The first kappa shape index (κ1) is 20.5. The summed E-state index contributed by atoms with van der Waals surface area (Å²) in [5.41, 5.74) is 4.59. The second-order valence-corrected chi connectivity index (χ2v) is 8.59. The monoisotopic (exact) mass is 431 g/mol. The second kappa shape index (κ2) is 8.26. The first-order valence-electron chi connectivity index (χ1n) is 11.0. The molecule has 32 heavy (non-hydrogen) atoms. The van der Waals surface area contributed by atoms with Crippen LogP contribution in [-0.4, -0.2) is 33.5 Å². The van der Waals surface area contributed by atoms with E-state index in [-0.39, 0.29) is 23.8 Å². The van der Waals surface area contributed by atoms with E-state index in [4.69, 9.17) is 4.74 Å². The van der Waals surface area contributed by atoms with E-state index in [0.29, 0.717) is 0 Å². The molecule has 0 aliphatic carbocycles. The molecule has 1 aromatic heterocycles. The summed E-state index contributed by atoms with van der Waals surface area (Å²) in [6, 6.07) is 12.7. The topological polar surface area (TPSA) is 47.4 Å². The average Bonchev–Trinajstić information content (AvgIpc) is 3.37. The fraction of sp³-hybridized carbons (Fsp3) is 0.308. The molecule has 0 spiro atoms. The Morgan fingerprint density at radius 2 is 1.97 bits per heavy atom. The molecule has 2 aliphatic rings. The van der Waals surface area contributed by atoms with Gasteiger partial charge in [-0.25, -0.2) is 9.37 Å². The van der Waals surface area contributed by atoms with Crippen LogP contribution in [0.2, 0.25) is 0 Å². The summed E-state index contributed by atoms with van der Waals surface area (Å²) >= 11 is 0. The number of aryl methyl sites for hydroxylation is 1. The van der Waals surface area contributed by atoms with Crippen LogP contribution >= 0.6 is 0 Å². The van der Waals surface area contributed by atoms with E-state index in [1.807, 2.05) is 46.9 Å². The van der Waals surface area contributed by atoms with Gasteiger partial charge in [-0.05, 0) is 74.1 Å². The number of hydrogen-bond donors (Lipinski definition) is 0. The van der Waals surface area contributed by atoms with Crippen LogP contribution in [0.25, 0.3) is 11.8 Å². The molecule has 0 saturated carbocycles. The third kappa shape index (κ3) is 3.70. The third-order valence-corrected chi connectivity index (χ3v) is 6.50. The molecule has 0 radical (unpaired) electrons. The van der Waals surface area contributed by atoms with Crippen LogP contribution < -0.4 is 4.74 Å². The summed E-state index contributed by atoms with van der Waals surface area (Å²) in [4.78, 5) is 19.7. The van der Waals surface area contributed by atoms with Crippen molar-refractivity contribution in [1.82, 2.24) is 14.5 Å². The van der Waals surface area contributed by atoms with Gasteiger partial charge in [-0.15, -0.1) is 0 Å². The van der Waals surface area contributed by atoms with Crippen LogP contribution in [0.5, 0.6) is 5.75 Å². The molecule has 3 heterocycles. The number of methoxy groups -OCH3 is 1. The Balaban J connectivity index is 1.43. The van der Waals surface area contributed by atoms with E-state index < -0.39 is 0 Å². The number of aromatic nitrogens is 2. The van der Waals surface area contributed by atoms with E-state index in [1.165, 1.54) is 12.1 Å². The number of ether oxygens (including phenoxy) is 1. The highest BCUT2D eigenvalue weighted by Gasteiger charge is 2.42. The van der Waals surface area contributed by atoms with E-state index in [9.17, 15) is 9.18 Å². The van der Waals surface area contributed by atoms with Gasteiger partial charge in [-0.2, -0.15) is 0 Å². The van der Waals surface area contributed by atoms with Crippen molar-refractivity contribution in [3.8, 4) is 11.4 Å². The third-order valence-electron chi connectivity index (χ3n) is 6.50. The van der Waals surface area contributed by atoms with E-state index in [2.05, 4.69) is 4.98 Å².